The summed E-state index contributed by atoms with van der Waals surface area (Å²) in [5, 5.41) is 3.28. The summed E-state index contributed by atoms with van der Waals surface area (Å²) < 4.78 is 0. The molecule has 1 atom stereocenters. The van der Waals surface area contributed by atoms with E-state index in [0.29, 0.717) is 5.17 Å². The first-order valence-corrected chi connectivity index (χ1v) is 5.18. The Balaban J connectivity index is 2.25. The molecule has 72 valence electrons. The SMILES string of the molecule is CN=C1NC(=O)C(c2ccccc2)S1. The van der Waals surface area contributed by atoms with Gasteiger partial charge in [0, 0.05) is 7.05 Å². The van der Waals surface area contributed by atoms with Crippen molar-refractivity contribution in [2.24, 2.45) is 4.99 Å². The van der Waals surface area contributed by atoms with Gasteiger partial charge < -0.3 is 5.32 Å². The van der Waals surface area contributed by atoms with E-state index in [1.807, 2.05) is 30.3 Å². The van der Waals surface area contributed by atoms with Gasteiger partial charge >= 0.3 is 0 Å². The molecule has 1 aromatic carbocycles. The van der Waals surface area contributed by atoms with Gasteiger partial charge in [0.15, 0.2) is 5.17 Å². The first-order valence-electron chi connectivity index (χ1n) is 4.30. The Hall–Kier alpha value is -1.29. The molecule has 1 heterocycles. The molecule has 1 aromatic rings. The first-order chi connectivity index (χ1) is 6.81. The molecule has 0 bridgehead atoms. The molecule has 0 spiro atoms. The Bertz CT molecular complexity index is 375. The third-order valence-electron chi connectivity index (χ3n) is 2.00. The quantitative estimate of drug-likeness (QED) is 0.758. The molecule has 0 aliphatic carbocycles. The van der Waals surface area contributed by atoms with Gasteiger partial charge in [-0.1, -0.05) is 42.1 Å². The van der Waals surface area contributed by atoms with Crippen LogP contribution in [0, 0.1) is 0 Å². The Morgan fingerprint density at radius 3 is 2.64 bits per heavy atom. The number of hydrogen-bond donors (Lipinski definition) is 1. The lowest BCUT2D eigenvalue weighted by molar-refractivity contribution is -0.118. The molecule has 4 heteroatoms. The van der Waals surface area contributed by atoms with Crippen LogP contribution in [0.25, 0.3) is 0 Å². The lowest BCUT2D eigenvalue weighted by Gasteiger charge is -2.03. The predicted molar refractivity (Wildman–Crippen MR) is 58.3 cm³/mol. The molecule has 2 rings (SSSR count). The van der Waals surface area contributed by atoms with Crippen LogP contribution in [0.3, 0.4) is 0 Å². The monoisotopic (exact) mass is 206 g/mol. The van der Waals surface area contributed by atoms with E-state index in [1.54, 1.807) is 7.05 Å². The fourth-order valence-corrected chi connectivity index (χ4v) is 2.27. The number of carbonyl (C=O) groups excluding carboxylic acids is 1. The zero-order valence-electron chi connectivity index (χ0n) is 7.73. The second-order valence-electron chi connectivity index (χ2n) is 2.93. The molecule has 1 fully saturated rings. The number of nitrogens with zero attached hydrogens (tertiary/aromatic N) is 1. The maximum atomic E-state index is 11.5. The number of benzene rings is 1. The van der Waals surface area contributed by atoms with Gasteiger partial charge in [-0.25, -0.2) is 0 Å². The van der Waals surface area contributed by atoms with E-state index in [1.165, 1.54) is 11.8 Å². The summed E-state index contributed by atoms with van der Waals surface area (Å²) in [5.41, 5.74) is 1.02. The zero-order chi connectivity index (χ0) is 9.97. The fraction of sp³-hybridized carbons (Fsp3) is 0.200. The molecular formula is C10H10N2OS. The van der Waals surface area contributed by atoms with Crippen LogP contribution in [-0.2, 0) is 4.79 Å². The normalized spacial score (nSPS) is 23.9. The van der Waals surface area contributed by atoms with Crippen molar-refractivity contribution in [2.45, 2.75) is 5.25 Å². The number of amides is 1. The third-order valence-corrected chi connectivity index (χ3v) is 3.23. The van der Waals surface area contributed by atoms with E-state index in [4.69, 9.17) is 0 Å². The van der Waals surface area contributed by atoms with Crippen molar-refractivity contribution in [3.05, 3.63) is 35.9 Å². The number of aliphatic imine (C=N–C) groups is 1. The van der Waals surface area contributed by atoms with Crippen LogP contribution in [0.1, 0.15) is 10.8 Å². The Morgan fingerprint density at radius 1 is 1.36 bits per heavy atom. The molecule has 1 amide bonds. The summed E-state index contributed by atoms with van der Waals surface area (Å²) >= 11 is 1.46. The molecule has 1 aliphatic heterocycles. The second kappa shape index (κ2) is 3.84. The molecule has 14 heavy (non-hydrogen) atoms. The van der Waals surface area contributed by atoms with Crippen LogP contribution >= 0.6 is 11.8 Å². The van der Waals surface area contributed by atoms with Crippen LogP contribution in [0.5, 0.6) is 0 Å². The highest BCUT2D eigenvalue weighted by Crippen LogP contribution is 2.33. The van der Waals surface area contributed by atoms with Crippen LogP contribution in [0.2, 0.25) is 0 Å². The van der Waals surface area contributed by atoms with E-state index in [9.17, 15) is 4.79 Å². The van der Waals surface area contributed by atoms with Crippen molar-refractivity contribution < 1.29 is 4.79 Å². The van der Waals surface area contributed by atoms with Crippen molar-refractivity contribution in [1.82, 2.24) is 5.32 Å². The number of thioether (sulfide) groups is 1. The van der Waals surface area contributed by atoms with Crippen molar-refractivity contribution in [1.29, 1.82) is 0 Å². The van der Waals surface area contributed by atoms with Gasteiger partial charge in [0.1, 0.15) is 5.25 Å². The summed E-state index contributed by atoms with van der Waals surface area (Å²) in [6.07, 6.45) is 0. The maximum Gasteiger partial charge on any atom is 0.244 e. The largest absolute Gasteiger partial charge is 0.304 e. The van der Waals surface area contributed by atoms with Crippen molar-refractivity contribution in [3.63, 3.8) is 0 Å². The standard InChI is InChI=1S/C10H10N2OS/c1-11-10-12-9(13)8(14-10)7-5-3-2-4-6-7/h2-6,8H,1H3,(H,11,12,13). The Labute approximate surface area is 86.6 Å². The summed E-state index contributed by atoms with van der Waals surface area (Å²) in [6.45, 7) is 0. The van der Waals surface area contributed by atoms with Gasteiger partial charge in [-0.2, -0.15) is 0 Å². The lowest BCUT2D eigenvalue weighted by atomic mass is 10.1. The summed E-state index contributed by atoms with van der Waals surface area (Å²) in [4.78, 5) is 15.5. The van der Waals surface area contributed by atoms with E-state index < -0.39 is 0 Å². The molecule has 1 saturated heterocycles. The highest BCUT2D eigenvalue weighted by atomic mass is 32.2. The summed E-state index contributed by atoms with van der Waals surface area (Å²) in [6, 6.07) is 9.72. The summed E-state index contributed by atoms with van der Waals surface area (Å²) in [7, 11) is 1.68. The number of rotatable bonds is 1. The molecule has 0 aromatic heterocycles. The smallest absolute Gasteiger partial charge is 0.244 e. The predicted octanol–water partition coefficient (Wildman–Crippen LogP) is 1.58. The van der Waals surface area contributed by atoms with E-state index in [0.717, 1.165) is 5.56 Å². The zero-order valence-corrected chi connectivity index (χ0v) is 8.54. The van der Waals surface area contributed by atoms with Crippen LogP contribution in [0.15, 0.2) is 35.3 Å². The van der Waals surface area contributed by atoms with Crippen LogP contribution in [-0.4, -0.2) is 18.1 Å². The molecule has 1 aliphatic rings. The van der Waals surface area contributed by atoms with Gasteiger partial charge in [0.2, 0.25) is 5.91 Å². The summed E-state index contributed by atoms with van der Waals surface area (Å²) in [5.74, 6) is 0.0156. The van der Waals surface area contributed by atoms with Crippen LogP contribution in [0.4, 0.5) is 0 Å². The van der Waals surface area contributed by atoms with E-state index >= 15 is 0 Å². The molecule has 3 nitrogen and oxygen atoms in total. The molecular weight excluding hydrogens is 196 g/mol. The number of carbonyl (C=O) groups is 1. The van der Waals surface area contributed by atoms with Crippen LogP contribution < -0.4 is 5.32 Å². The van der Waals surface area contributed by atoms with Gasteiger partial charge in [-0.3, -0.25) is 9.79 Å². The van der Waals surface area contributed by atoms with Gasteiger partial charge in [-0.15, -0.1) is 0 Å². The minimum absolute atomic E-state index is 0.0156. The number of amidine groups is 1. The maximum absolute atomic E-state index is 11.5. The third kappa shape index (κ3) is 1.65. The second-order valence-corrected chi connectivity index (χ2v) is 4.02. The van der Waals surface area contributed by atoms with Gasteiger partial charge in [-0.05, 0) is 5.56 Å². The van der Waals surface area contributed by atoms with Gasteiger partial charge in [0.25, 0.3) is 0 Å². The lowest BCUT2D eigenvalue weighted by Crippen LogP contribution is -2.21. The minimum atomic E-state index is -0.144. The molecule has 1 N–H and O–H groups in total. The van der Waals surface area contributed by atoms with Crippen molar-refractivity contribution >= 4 is 22.8 Å². The molecule has 0 radical (unpaired) electrons. The highest BCUT2D eigenvalue weighted by molar-refractivity contribution is 8.15. The first kappa shape index (κ1) is 9.27. The fourth-order valence-electron chi connectivity index (χ4n) is 1.32. The number of nitrogens with one attached hydrogen (secondary N) is 1. The van der Waals surface area contributed by atoms with E-state index in [-0.39, 0.29) is 11.2 Å². The Kier molecular flexibility index (Phi) is 2.54. The molecule has 0 saturated carbocycles. The molecule has 1 unspecified atom stereocenters. The average Bonchev–Trinajstić information content (AvgIpc) is 2.61. The topological polar surface area (TPSA) is 41.5 Å². The van der Waals surface area contributed by atoms with Crippen molar-refractivity contribution in [3.8, 4) is 0 Å². The minimum Gasteiger partial charge on any atom is -0.304 e. The van der Waals surface area contributed by atoms with Gasteiger partial charge in [0.05, 0.1) is 0 Å². The highest BCUT2D eigenvalue weighted by Gasteiger charge is 2.30. The Morgan fingerprint density at radius 2 is 2.07 bits per heavy atom. The van der Waals surface area contributed by atoms with E-state index in [2.05, 4.69) is 10.3 Å². The van der Waals surface area contributed by atoms with Crippen molar-refractivity contribution in [2.75, 3.05) is 7.05 Å². The number of hydrogen-bond acceptors (Lipinski definition) is 3. The average molecular weight is 206 g/mol.